The van der Waals surface area contributed by atoms with Crippen LogP contribution in [0.2, 0.25) is 0 Å². The van der Waals surface area contributed by atoms with Crippen molar-refractivity contribution in [3.63, 3.8) is 0 Å². The first-order chi connectivity index (χ1) is 9.79. The SMILES string of the molecule is CCc1nc2c(F)cc(NC(C)(C)C#N)cn2c(=O)c1F. The first-order valence-electron chi connectivity index (χ1n) is 6.39. The maximum atomic E-state index is 14.1. The summed E-state index contributed by atoms with van der Waals surface area (Å²) < 4.78 is 28.7. The number of nitrogens with one attached hydrogen (secondary N) is 1. The summed E-state index contributed by atoms with van der Waals surface area (Å²) in [6.45, 7) is 4.82. The second-order valence-corrected chi connectivity index (χ2v) is 5.16. The van der Waals surface area contributed by atoms with Crippen LogP contribution in [0.15, 0.2) is 17.1 Å². The van der Waals surface area contributed by atoms with Crippen LogP contribution in [0.25, 0.3) is 5.65 Å². The van der Waals surface area contributed by atoms with E-state index in [0.717, 1.165) is 10.5 Å². The first-order valence-corrected chi connectivity index (χ1v) is 6.39. The zero-order valence-electron chi connectivity index (χ0n) is 11.9. The van der Waals surface area contributed by atoms with Gasteiger partial charge in [-0.05, 0) is 20.3 Å². The molecule has 2 aromatic rings. The number of halogens is 2. The Morgan fingerprint density at radius 3 is 2.71 bits per heavy atom. The maximum absolute atomic E-state index is 14.1. The van der Waals surface area contributed by atoms with Crippen LogP contribution < -0.4 is 10.9 Å². The molecule has 0 fully saturated rings. The number of hydrogen-bond acceptors (Lipinski definition) is 4. The molecule has 0 spiro atoms. The van der Waals surface area contributed by atoms with Gasteiger partial charge in [0, 0.05) is 12.3 Å². The Hall–Kier alpha value is -2.49. The van der Waals surface area contributed by atoms with Crippen LogP contribution in [0.5, 0.6) is 0 Å². The van der Waals surface area contributed by atoms with E-state index in [1.807, 2.05) is 6.07 Å². The molecule has 1 N–H and O–H groups in total. The molecular weight excluding hydrogens is 278 g/mol. The quantitative estimate of drug-likeness (QED) is 0.942. The van der Waals surface area contributed by atoms with Gasteiger partial charge in [-0.15, -0.1) is 0 Å². The molecule has 0 aromatic carbocycles. The lowest BCUT2D eigenvalue weighted by Crippen LogP contribution is -2.29. The second-order valence-electron chi connectivity index (χ2n) is 5.16. The number of nitrogens with zero attached hydrogens (tertiary/aromatic N) is 3. The zero-order valence-corrected chi connectivity index (χ0v) is 11.9. The van der Waals surface area contributed by atoms with E-state index in [1.165, 1.54) is 6.20 Å². The van der Waals surface area contributed by atoms with Gasteiger partial charge < -0.3 is 5.32 Å². The first kappa shape index (κ1) is 14.9. The van der Waals surface area contributed by atoms with Crippen molar-refractivity contribution >= 4 is 11.3 Å². The third-order valence-corrected chi connectivity index (χ3v) is 2.96. The van der Waals surface area contributed by atoms with Crippen LogP contribution >= 0.6 is 0 Å². The monoisotopic (exact) mass is 292 g/mol. The Bertz CT molecular complexity index is 805. The third kappa shape index (κ3) is 2.70. The van der Waals surface area contributed by atoms with Crippen LogP contribution in [0.1, 0.15) is 26.5 Å². The minimum atomic E-state index is -0.994. The molecule has 2 rings (SSSR count). The largest absolute Gasteiger partial charge is 0.367 e. The molecule has 0 saturated heterocycles. The standard InChI is InChI=1S/C14H14F2N4O/c1-4-10-11(16)13(21)20-6-8(19-14(2,3)7-17)5-9(15)12(20)18-10/h5-6,19H,4H2,1-3H3. The highest BCUT2D eigenvalue weighted by molar-refractivity contribution is 5.53. The van der Waals surface area contributed by atoms with E-state index >= 15 is 0 Å². The molecule has 0 aliphatic heterocycles. The number of aromatic nitrogens is 2. The maximum Gasteiger partial charge on any atom is 0.294 e. The summed E-state index contributed by atoms with van der Waals surface area (Å²) in [7, 11) is 0. The lowest BCUT2D eigenvalue weighted by molar-refractivity contribution is 0.569. The molecule has 21 heavy (non-hydrogen) atoms. The Morgan fingerprint density at radius 1 is 1.48 bits per heavy atom. The van der Waals surface area contributed by atoms with Gasteiger partial charge in [0.25, 0.3) is 5.56 Å². The van der Waals surface area contributed by atoms with Crippen LogP contribution in [0, 0.1) is 23.0 Å². The summed E-state index contributed by atoms with van der Waals surface area (Å²) in [6, 6.07) is 3.11. The van der Waals surface area contributed by atoms with Crippen molar-refractivity contribution in [2.75, 3.05) is 5.32 Å². The molecular formula is C14H14F2N4O. The molecule has 2 aromatic heterocycles. The molecule has 0 atom stereocenters. The van der Waals surface area contributed by atoms with E-state index < -0.39 is 22.7 Å². The van der Waals surface area contributed by atoms with Crippen molar-refractivity contribution in [1.29, 1.82) is 5.26 Å². The highest BCUT2D eigenvalue weighted by Crippen LogP contribution is 2.18. The van der Waals surface area contributed by atoms with Crippen LogP contribution in [-0.4, -0.2) is 14.9 Å². The van der Waals surface area contributed by atoms with Crippen LogP contribution in [-0.2, 0) is 6.42 Å². The molecule has 2 heterocycles. The van der Waals surface area contributed by atoms with Gasteiger partial charge >= 0.3 is 0 Å². The summed E-state index contributed by atoms with van der Waals surface area (Å²) in [5, 5.41) is 11.7. The predicted molar refractivity (Wildman–Crippen MR) is 74.1 cm³/mol. The minimum absolute atomic E-state index is 0.0723. The summed E-state index contributed by atoms with van der Waals surface area (Å²) >= 11 is 0. The Balaban J connectivity index is 2.69. The van der Waals surface area contributed by atoms with E-state index in [1.54, 1.807) is 20.8 Å². The normalized spacial score (nSPS) is 11.4. The van der Waals surface area contributed by atoms with E-state index in [9.17, 15) is 13.6 Å². The minimum Gasteiger partial charge on any atom is -0.367 e. The number of nitriles is 1. The lowest BCUT2D eigenvalue weighted by atomic mass is 10.1. The smallest absolute Gasteiger partial charge is 0.294 e. The van der Waals surface area contributed by atoms with Gasteiger partial charge in [0.05, 0.1) is 17.5 Å². The van der Waals surface area contributed by atoms with Gasteiger partial charge in [0.15, 0.2) is 11.5 Å². The number of fused-ring (bicyclic) bond motifs is 1. The van der Waals surface area contributed by atoms with Crippen molar-refractivity contribution in [2.24, 2.45) is 0 Å². The molecule has 0 aliphatic carbocycles. The molecule has 0 bridgehead atoms. The number of anilines is 1. The average molecular weight is 292 g/mol. The fraction of sp³-hybridized carbons (Fsp3) is 0.357. The number of pyridine rings is 1. The number of aryl methyl sites for hydroxylation is 1. The number of rotatable bonds is 3. The molecule has 110 valence electrons. The Labute approximate surface area is 119 Å². The molecule has 0 aliphatic rings. The second kappa shape index (κ2) is 5.13. The fourth-order valence-corrected chi connectivity index (χ4v) is 1.91. The van der Waals surface area contributed by atoms with E-state index in [4.69, 9.17) is 5.26 Å². The molecule has 7 heteroatoms. The van der Waals surface area contributed by atoms with Crippen molar-refractivity contribution in [2.45, 2.75) is 32.7 Å². The molecule has 0 saturated carbocycles. The lowest BCUT2D eigenvalue weighted by Gasteiger charge is -2.19. The topological polar surface area (TPSA) is 70.2 Å². The van der Waals surface area contributed by atoms with Gasteiger partial charge in [-0.3, -0.25) is 9.20 Å². The van der Waals surface area contributed by atoms with Gasteiger partial charge in [-0.1, -0.05) is 6.92 Å². The molecule has 0 amide bonds. The van der Waals surface area contributed by atoms with Gasteiger partial charge in [-0.25, -0.2) is 9.37 Å². The van der Waals surface area contributed by atoms with E-state index in [-0.39, 0.29) is 23.4 Å². The van der Waals surface area contributed by atoms with Gasteiger partial charge in [-0.2, -0.15) is 9.65 Å². The van der Waals surface area contributed by atoms with Crippen LogP contribution in [0.4, 0.5) is 14.5 Å². The third-order valence-electron chi connectivity index (χ3n) is 2.96. The predicted octanol–water partition coefficient (Wildman–Crippen LogP) is 2.25. The van der Waals surface area contributed by atoms with Crippen molar-refractivity contribution in [3.8, 4) is 6.07 Å². The zero-order chi connectivity index (χ0) is 15.8. The molecule has 0 radical (unpaired) electrons. The van der Waals surface area contributed by atoms with E-state index in [0.29, 0.717) is 0 Å². The number of hydrogen-bond donors (Lipinski definition) is 1. The highest BCUT2D eigenvalue weighted by Gasteiger charge is 2.19. The van der Waals surface area contributed by atoms with Gasteiger partial charge in [0.1, 0.15) is 5.54 Å². The van der Waals surface area contributed by atoms with Crippen molar-refractivity contribution in [3.05, 3.63) is 39.9 Å². The Morgan fingerprint density at radius 2 is 2.14 bits per heavy atom. The molecule has 5 nitrogen and oxygen atoms in total. The average Bonchev–Trinajstić information content (AvgIpc) is 2.43. The van der Waals surface area contributed by atoms with E-state index in [2.05, 4.69) is 10.3 Å². The summed E-state index contributed by atoms with van der Waals surface area (Å²) in [5.74, 6) is -1.76. The summed E-state index contributed by atoms with van der Waals surface area (Å²) in [4.78, 5) is 15.8. The highest BCUT2D eigenvalue weighted by atomic mass is 19.1. The van der Waals surface area contributed by atoms with Crippen molar-refractivity contribution in [1.82, 2.24) is 9.38 Å². The Kier molecular flexibility index (Phi) is 3.64. The fourth-order valence-electron chi connectivity index (χ4n) is 1.91. The molecule has 0 unspecified atom stereocenters. The summed E-state index contributed by atoms with van der Waals surface area (Å²) in [5.41, 5.74) is -2.04. The van der Waals surface area contributed by atoms with Gasteiger partial charge in [0.2, 0.25) is 5.82 Å². The summed E-state index contributed by atoms with van der Waals surface area (Å²) in [6.07, 6.45) is 1.42. The van der Waals surface area contributed by atoms with Crippen LogP contribution in [0.3, 0.4) is 0 Å². The van der Waals surface area contributed by atoms with Crippen molar-refractivity contribution < 1.29 is 8.78 Å².